The number of benzene rings is 1. The lowest BCUT2D eigenvalue weighted by molar-refractivity contribution is 0.340. The third kappa shape index (κ3) is 1.99. The van der Waals surface area contributed by atoms with Crippen molar-refractivity contribution in [2.45, 2.75) is 13.3 Å². The molecule has 1 aliphatic rings. The van der Waals surface area contributed by atoms with Gasteiger partial charge in [0, 0.05) is 13.1 Å². The number of hydrogen-bond donors (Lipinski definition) is 1. The maximum atomic E-state index is 5.38. The van der Waals surface area contributed by atoms with Crippen molar-refractivity contribution in [1.29, 1.82) is 0 Å². The molecule has 3 nitrogen and oxygen atoms in total. The predicted molar refractivity (Wildman–Crippen MR) is 57.6 cm³/mol. The lowest BCUT2D eigenvalue weighted by Gasteiger charge is -2.17. The second-order valence-electron chi connectivity index (χ2n) is 3.34. The number of ether oxygens (including phenoxy) is 1. The Balaban J connectivity index is 2.05. The van der Waals surface area contributed by atoms with Gasteiger partial charge in [-0.3, -0.25) is 0 Å². The highest BCUT2D eigenvalue weighted by Crippen LogP contribution is 2.19. The standard InChI is InChI=1S/C11H16N2O/c1-2-14-11-6-4-10(5-7-11)13-9-3-8-12-13/h4-7,12H,2-3,8-9H2,1H3. The van der Waals surface area contributed by atoms with E-state index in [1.807, 2.05) is 19.1 Å². The zero-order valence-electron chi connectivity index (χ0n) is 8.49. The first-order chi connectivity index (χ1) is 6.90. The van der Waals surface area contributed by atoms with Gasteiger partial charge < -0.3 is 9.75 Å². The number of anilines is 1. The van der Waals surface area contributed by atoms with E-state index >= 15 is 0 Å². The first-order valence-corrected chi connectivity index (χ1v) is 5.14. The normalized spacial score (nSPS) is 15.9. The van der Waals surface area contributed by atoms with E-state index in [2.05, 4.69) is 22.6 Å². The van der Waals surface area contributed by atoms with Crippen molar-refractivity contribution in [1.82, 2.24) is 5.43 Å². The first kappa shape index (κ1) is 9.34. The van der Waals surface area contributed by atoms with Gasteiger partial charge in [0.05, 0.1) is 12.3 Å². The summed E-state index contributed by atoms with van der Waals surface area (Å²) in [6.45, 7) is 4.89. The molecule has 14 heavy (non-hydrogen) atoms. The Hall–Kier alpha value is -1.22. The average Bonchev–Trinajstić information content (AvgIpc) is 2.72. The Kier molecular flexibility index (Phi) is 2.89. The number of nitrogens with zero attached hydrogens (tertiary/aromatic N) is 1. The molecule has 76 valence electrons. The van der Waals surface area contributed by atoms with Crippen molar-refractivity contribution in [3.05, 3.63) is 24.3 Å². The third-order valence-electron chi connectivity index (χ3n) is 2.32. The van der Waals surface area contributed by atoms with Crippen LogP contribution in [0.5, 0.6) is 5.75 Å². The first-order valence-electron chi connectivity index (χ1n) is 5.14. The smallest absolute Gasteiger partial charge is 0.119 e. The molecule has 1 aromatic rings. The summed E-state index contributed by atoms with van der Waals surface area (Å²) in [6, 6.07) is 8.20. The van der Waals surface area contributed by atoms with Gasteiger partial charge in [-0.1, -0.05) is 0 Å². The van der Waals surface area contributed by atoms with Crippen molar-refractivity contribution in [3.8, 4) is 5.75 Å². The summed E-state index contributed by atoms with van der Waals surface area (Å²) in [4.78, 5) is 0. The molecule has 1 aliphatic heterocycles. The van der Waals surface area contributed by atoms with Crippen LogP contribution in [0.3, 0.4) is 0 Å². The second-order valence-corrected chi connectivity index (χ2v) is 3.34. The number of hydrogen-bond acceptors (Lipinski definition) is 3. The fourth-order valence-corrected chi connectivity index (χ4v) is 1.64. The van der Waals surface area contributed by atoms with E-state index in [0.717, 1.165) is 25.4 Å². The molecule has 0 bridgehead atoms. The molecule has 2 rings (SSSR count). The molecule has 0 atom stereocenters. The molecule has 0 saturated carbocycles. The highest BCUT2D eigenvalue weighted by atomic mass is 16.5. The van der Waals surface area contributed by atoms with Gasteiger partial charge in [0.1, 0.15) is 5.75 Å². The van der Waals surface area contributed by atoms with Crippen molar-refractivity contribution in [2.75, 3.05) is 24.7 Å². The summed E-state index contributed by atoms with van der Waals surface area (Å²) in [6.07, 6.45) is 1.22. The van der Waals surface area contributed by atoms with Crippen molar-refractivity contribution >= 4 is 5.69 Å². The fraction of sp³-hybridized carbons (Fsp3) is 0.455. The van der Waals surface area contributed by atoms with Crippen LogP contribution in [0.15, 0.2) is 24.3 Å². The molecule has 0 aromatic heterocycles. The molecular formula is C11H16N2O. The Morgan fingerprint density at radius 3 is 2.71 bits per heavy atom. The summed E-state index contributed by atoms with van der Waals surface area (Å²) in [5, 5.41) is 2.18. The summed E-state index contributed by atoms with van der Waals surface area (Å²) in [5.41, 5.74) is 4.53. The zero-order chi connectivity index (χ0) is 9.80. The highest BCUT2D eigenvalue weighted by molar-refractivity contribution is 5.48. The van der Waals surface area contributed by atoms with Gasteiger partial charge in [0.25, 0.3) is 0 Å². The van der Waals surface area contributed by atoms with Crippen LogP contribution in [0.2, 0.25) is 0 Å². The molecule has 1 aromatic carbocycles. The van der Waals surface area contributed by atoms with Gasteiger partial charge >= 0.3 is 0 Å². The quantitative estimate of drug-likeness (QED) is 0.790. The molecule has 1 saturated heterocycles. The number of nitrogens with one attached hydrogen (secondary N) is 1. The highest BCUT2D eigenvalue weighted by Gasteiger charge is 2.10. The summed E-state index contributed by atoms with van der Waals surface area (Å²) in [5.74, 6) is 0.940. The van der Waals surface area contributed by atoms with Crippen LogP contribution in [0.4, 0.5) is 5.69 Å². The lowest BCUT2D eigenvalue weighted by Crippen LogP contribution is -2.30. The monoisotopic (exact) mass is 192 g/mol. The van der Waals surface area contributed by atoms with E-state index in [1.165, 1.54) is 12.1 Å². The molecule has 3 heteroatoms. The number of rotatable bonds is 3. The van der Waals surface area contributed by atoms with Crippen LogP contribution in [-0.4, -0.2) is 19.7 Å². The maximum absolute atomic E-state index is 5.38. The fourth-order valence-electron chi connectivity index (χ4n) is 1.64. The van der Waals surface area contributed by atoms with E-state index in [4.69, 9.17) is 4.74 Å². The Bertz CT molecular complexity index is 278. The van der Waals surface area contributed by atoms with Gasteiger partial charge in [0.15, 0.2) is 0 Å². The Morgan fingerprint density at radius 1 is 1.36 bits per heavy atom. The largest absolute Gasteiger partial charge is 0.494 e. The minimum atomic E-state index is 0.724. The minimum Gasteiger partial charge on any atom is -0.494 e. The molecule has 0 spiro atoms. The lowest BCUT2D eigenvalue weighted by atomic mass is 10.3. The molecule has 0 aliphatic carbocycles. The van der Waals surface area contributed by atoms with Gasteiger partial charge in [0.2, 0.25) is 0 Å². The van der Waals surface area contributed by atoms with E-state index in [9.17, 15) is 0 Å². The predicted octanol–water partition coefficient (Wildman–Crippen LogP) is 1.80. The molecular weight excluding hydrogens is 176 g/mol. The Morgan fingerprint density at radius 2 is 2.14 bits per heavy atom. The van der Waals surface area contributed by atoms with Gasteiger partial charge in [-0.25, -0.2) is 5.43 Å². The average molecular weight is 192 g/mol. The van der Waals surface area contributed by atoms with E-state index in [-0.39, 0.29) is 0 Å². The molecule has 0 radical (unpaired) electrons. The van der Waals surface area contributed by atoms with Crippen LogP contribution < -0.4 is 15.2 Å². The van der Waals surface area contributed by atoms with Crippen LogP contribution in [0.1, 0.15) is 13.3 Å². The molecule has 1 N–H and O–H groups in total. The SMILES string of the molecule is CCOc1ccc(N2CCCN2)cc1. The third-order valence-corrected chi connectivity index (χ3v) is 2.32. The van der Waals surface area contributed by atoms with Crippen LogP contribution in [-0.2, 0) is 0 Å². The molecule has 0 amide bonds. The minimum absolute atomic E-state index is 0.724. The van der Waals surface area contributed by atoms with Gasteiger partial charge in [-0.05, 0) is 37.6 Å². The van der Waals surface area contributed by atoms with Crippen LogP contribution in [0.25, 0.3) is 0 Å². The van der Waals surface area contributed by atoms with E-state index in [0.29, 0.717) is 0 Å². The summed E-state index contributed by atoms with van der Waals surface area (Å²) >= 11 is 0. The molecule has 0 unspecified atom stereocenters. The van der Waals surface area contributed by atoms with Crippen molar-refractivity contribution < 1.29 is 4.74 Å². The molecule has 1 fully saturated rings. The van der Waals surface area contributed by atoms with Crippen molar-refractivity contribution in [2.24, 2.45) is 0 Å². The zero-order valence-corrected chi connectivity index (χ0v) is 8.49. The second kappa shape index (κ2) is 4.33. The topological polar surface area (TPSA) is 24.5 Å². The van der Waals surface area contributed by atoms with Crippen molar-refractivity contribution in [3.63, 3.8) is 0 Å². The summed E-state index contributed by atoms with van der Waals surface area (Å²) < 4.78 is 5.38. The van der Waals surface area contributed by atoms with Gasteiger partial charge in [-0.15, -0.1) is 0 Å². The van der Waals surface area contributed by atoms with Crippen LogP contribution in [0, 0.1) is 0 Å². The molecule has 1 heterocycles. The summed E-state index contributed by atoms with van der Waals surface area (Å²) in [7, 11) is 0. The van der Waals surface area contributed by atoms with E-state index in [1.54, 1.807) is 0 Å². The van der Waals surface area contributed by atoms with Gasteiger partial charge in [-0.2, -0.15) is 0 Å². The number of hydrazine groups is 1. The van der Waals surface area contributed by atoms with Crippen LogP contribution >= 0.6 is 0 Å². The Labute approximate surface area is 84.6 Å². The maximum Gasteiger partial charge on any atom is 0.119 e. The van der Waals surface area contributed by atoms with E-state index < -0.39 is 0 Å².